The lowest BCUT2D eigenvalue weighted by Gasteiger charge is -2.62. The van der Waals surface area contributed by atoms with E-state index < -0.39 is 36.5 Å². The van der Waals surface area contributed by atoms with Crippen LogP contribution in [0.1, 0.15) is 205 Å². The first-order valence-electron chi connectivity index (χ1n) is 29.5. The summed E-state index contributed by atoms with van der Waals surface area (Å²) in [6, 6.07) is 0. The quantitative estimate of drug-likeness (QED) is 0.107. The van der Waals surface area contributed by atoms with Crippen LogP contribution in [0.4, 0.5) is 0 Å². The number of carbonyl (C=O) groups excluding carboxylic acids is 6. The van der Waals surface area contributed by atoms with Gasteiger partial charge in [-0.25, -0.2) is 0 Å². The van der Waals surface area contributed by atoms with Crippen molar-refractivity contribution in [2.75, 3.05) is 13.2 Å². The van der Waals surface area contributed by atoms with E-state index in [1.807, 2.05) is 0 Å². The molecule has 0 spiro atoms. The van der Waals surface area contributed by atoms with Crippen LogP contribution in [0.3, 0.4) is 0 Å². The van der Waals surface area contributed by atoms with Gasteiger partial charge in [-0.2, -0.15) is 0 Å². The summed E-state index contributed by atoms with van der Waals surface area (Å²) in [4.78, 5) is 88.3. The van der Waals surface area contributed by atoms with E-state index in [1.165, 1.54) is 34.6 Å². The van der Waals surface area contributed by atoms with Crippen molar-refractivity contribution in [3.8, 4) is 0 Å². The highest BCUT2D eigenvalue weighted by molar-refractivity contribution is 5.77. The minimum absolute atomic E-state index is 0.0189. The smallest absolute Gasteiger partial charge is 0.316 e. The highest BCUT2D eigenvalue weighted by atomic mass is 16.6. The molecule has 0 heterocycles. The van der Waals surface area contributed by atoms with E-state index in [0.717, 1.165) is 103 Å². The van der Waals surface area contributed by atoms with E-state index in [4.69, 9.17) is 28.4 Å². The predicted molar refractivity (Wildman–Crippen MR) is 278 cm³/mol. The van der Waals surface area contributed by atoms with Crippen molar-refractivity contribution in [1.29, 1.82) is 0 Å². The molecule has 0 aliphatic heterocycles. The summed E-state index contributed by atoms with van der Waals surface area (Å²) in [5, 5.41) is 10.3. The molecule has 8 saturated carbocycles. The lowest BCUT2D eigenvalue weighted by molar-refractivity contribution is -0.197. The van der Waals surface area contributed by atoms with E-state index >= 15 is 0 Å². The Bertz CT molecular complexity index is 2020. The molecule has 8 aliphatic rings. The Hall–Kier alpha value is -3.71. The molecular weight excluding hydrogens is 957 g/mol. The van der Waals surface area contributed by atoms with Crippen molar-refractivity contribution in [2.24, 2.45) is 98.1 Å². The fourth-order valence-electron chi connectivity index (χ4n) is 19.5. The van der Waals surface area contributed by atoms with Crippen LogP contribution in [0.15, 0.2) is 0 Å². The highest BCUT2D eigenvalue weighted by Gasteiger charge is 2.66. The Morgan fingerprint density at radius 1 is 0.493 bits per heavy atom. The zero-order chi connectivity index (χ0) is 54.6. The van der Waals surface area contributed by atoms with Crippen LogP contribution >= 0.6 is 0 Å². The Morgan fingerprint density at radius 2 is 0.840 bits per heavy atom. The first-order chi connectivity index (χ1) is 35.2. The summed E-state index contributed by atoms with van der Waals surface area (Å²) < 4.78 is 35.2. The third-order valence-electron chi connectivity index (χ3n) is 23.3. The lowest BCUT2D eigenvalue weighted by atomic mass is 9.43. The molecule has 0 saturated heterocycles. The molecule has 0 bridgehead atoms. The second-order valence-corrected chi connectivity index (χ2v) is 27.4. The van der Waals surface area contributed by atoms with Crippen molar-refractivity contribution in [3.05, 3.63) is 0 Å². The first kappa shape index (κ1) is 57.5. The summed E-state index contributed by atoms with van der Waals surface area (Å²) in [5.41, 5.74) is -1.40. The van der Waals surface area contributed by atoms with Gasteiger partial charge in [0.15, 0.2) is 0 Å². The van der Waals surface area contributed by atoms with Gasteiger partial charge in [0, 0.05) is 52.4 Å². The van der Waals surface area contributed by atoms with Gasteiger partial charge in [0.25, 0.3) is 0 Å². The van der Waals surface area contributed by atoms with E-state index in [-0.39, 0.29) is 106 Å². The fourth-order valence-corrected chi connectivity index (χ4v) is 19.5. The fraction of sp³-hybridized carbons (Fsp3) is 0.885. The molecule has 8 fully saturated rings. The van der Waals surface area contributed by atoms with Crippen LogP contribution < -0.4 is 0 Å². The van der Waals surface area contributed by atoms with Crippen LogP contribution in [0, 0.1) is 98.1 Å². The van der Waals surface area contributed by atoms with Crippen molar-refractivity contribution >= 4 is 41.8 Å². The van der Waals surface area contributed by atoms with E-state index in [9.17, 15) is 38.7 Å². The normalized spacial score (nSPS) is 42.2. The molecule has 1 N–H and O–H groups in total. The van der Waals surface area contributed by atoms with Crippen LogP contribution in [-0.4, -0.2) is 84.5 Å². The van der Waals surface area contributed by atoms with E-state index in [0.29, 0.717) is 60.2 Å². The summed E-state index contributed by atoms with van der Waals surface area (Å²) in [6.45, 7) is 20.8. The Balaban J connectivity index is 0.807. The summed E-state index contributed by atoms with van der Waals surface area (Å²) in [6.07, 6.45) is 16.3. The number of aliphatic carboxylic acids is 1. The zero-order valence-corrected chi connectivity index (χ0v) is 47.5. The average Bonchev–Trinajstić information content (AvgIpc) is 3.90. The first-order valence-corrected chi connectivity index (χ1v) is 29.5. The van der Waals surface area contributed by atoms with Crippen LogP contribution in [-0.2, 0) is 62.0 Å². The molecule has 0 aromatic carbocycles. The summed E-state index contributed by atoms with van der Waals surface area (Å²) in [5.74, 6) is 0.773. The third kappa shape index (κ3) is 11.3. The zero-order valence-electron chi connectivity index (χ0n) is 47.5. The molecular formula is C61H94O14. The number of rotatable bonds is 17. The van der Waals surface area contributed by atoms with Gasteiger partial charge in [-0.05, 0) is 203 Å². The van der Waals surface area contributed by atoms with Gasteiger partial charge in [-0.1, -0.05) is 41.5 Å². The molecule has 0 aromatic rings. The number of esters is 6. The highest BCUT2D eigenvalue weighted by Crippen LogP contribution is 2.71. The van der Waals surface area contributed by atoms with Gasteiger partial charge >= 0.3 is 41.8 Å². The maximum atomic E-state index is 13.4. The SMILES string of the molecule is CC(=O)O[C@@H]1CC[C@@]2(C)[C@H](C1)C[C@H](OC(C)=O)[C@@H]1[C@@H]2CC[C@]2(C)[C@@H]([C@H](C)CCC(=O)OCC(C)(COC(=O)CC[C@@H](C)[C@H]3CC[C@H]4[C@@H]5[C@@H](OC(C)=O)C[C@H]6C[C@H](OC(C)=O)CC[C@]6(C)[C@H]5CC[C@]34C)C(=O)O)CC[C@@H]12. The van der Waals surface area contributed by atoms with Crippen LogP contribution in [0.5, 0.6) is 0 Å². The van der Waals surface area contributed by atoms with Gasteiger partial charge in [0.2, 0.25) is 0 Å². The Labute approximate surface area is 447 Å². The van der Waals surface area contributed by atoms with Crippen molar-refractivity contribution in [1.82, 2.24) is 0 Å². The molecule has 8 rings (SSSR count). The molecule has 0 aromatic heterocycles. The van der Waals surface area contributed by atoms with Crippen LogP contribution in [0.2, 0.25) is 0 Å². The maximum absolute atomic E-state index is 13.4. The second-order valence-electron chi connectivity index (χ2n) is 27.4. The summed E-state index contributed by atoms with van der Waals surface area (Å²) >= 11 is 0. The number of carbonyl (C=O) groups is 7. The third-order valence-corrected chi connectivity index (χ3v) is 23.3. The number of ether oxygens (including phenoxy) is 6. The minimum atomic E-state index is -1.61. The molecule has 14 nitrogen and oxygen atoms in total. The van der Waals surface area contributed by atoms with Gasteiger partial charge in [0.1, 0.15) is 43.0 Å². The van der Waals surface area contributed by atoms with E-state index in [2.05, 4.69) is 41.5 Å². The van der Waals surface area contributed by atoms with Crippen molar-refractivity contribution in [3.63, 3.8) is 0 Å². The monoisotopic (exact) mass is 1050 g/mol. The Kier molecular flexibility index (Phi) is 17.0. The molecule has 0 radical (unpaired) electrons. The van der Waals surface area contributed by atoms with Gasteiger partial charge in [-0.15, -0.1) is 0 Å². The second kappa shape index (κ2) is 22.2. The van der Waals surface area contributed by atoms with Crippen molar-refractivity contribution in [2.45, 2.75) is 229 Å². The molecule has 0 unspecified atom stereocenters. The number of carboxylic acids is 1. The molecule has 0 amide bonds. The van der Waals surface area contributed by atoms with Crippen molar-refractivity contribution < 1.29 is 67.1 Å². The summed E-state index contributed by atoms with van der Waals surface area (Å²) in [7, 11) is 0. The molecule has 20 atom stereocenters. The predicted octanol–water partition coefficient (Wildman–Crippen LogP) is 11.3. The molecule has 75 heavy (non-hydrogen) atoms. The van der Waals surface area contributed by atoms with Crippen LogP contribution in [0.25, 0.3) is 0 Å². The number of fused-ring (bicyclic) bond motifs is 10. The minimum Gasteiger partial charge on any atom is -0.481 e. The van der Waals surface area contributed by atoms with Gasteiger partial charge in [0.05, 0.1) is 0 Å². The number of hydrogen-bond donors (Lipinski definition) is 1. The number of carboxylic acid groups (broad SMARTS) is 1. The number of hydrogen-bond acceptors (Lipinski definition) is 13. The standard InChI is InChI=1S/C61H94O14/c1-34(44-14-16-46-54-48(22-26-60(44,46)10)58(8)24-20-42(72-36(3)62)28-40(58)30-50(54)74-38(5)64)12-18-52(66)70-32-57(7,56(68)69)33-71-53(67)19-13-35(2)45-15-17-47-55-49(23-27-61(45,47)11)59(9)25-21-43(73-37(4)63)29-41(59)31-51(55)75-39(6)65/h34-35,40-51,54-55H,12-33H2,1-11H3,(H,68,69)/t34-,35-,40-,41-,42-,43-,44-,45-,46+,47+,48+,49+,50+,51+,54+,55+,58+,59+,60-,61-/m1/s1. The Morgan fingerprint density at radius 3 is 1.19 bits per heavy atom. The molecule has 422 valence electrons. The molecule has 14 heteroatoms. The largest absolute Gasteiger partial charge is 0.481 e. The molecule has 8 aliphatic carbocycles. The maximum Gasteiger partial charge on any atom is 0.316 e. The van der Waals surface area contributed by atoms with Gasteiger partial charge in [-0.3, -0.25) is 33.6 Å². The lowest BCUT2D eigenvalue weighted by Crippen LogP contribution is -2.59. The topological polar surface area (TPSA) is 195 Å². The van der Waals surface area contributed by atoms with Gasteiger partial charge < -0.3 is 33.5 Å². The average molecular weight is 1050 g/mol. The van der Waals surface area contributed by atoms with E-state index in [1.54, 1.807) is 0 Å².